The highest BCUT2D eigenvalue weighted by Crippen LogP contribution is 2.61. The summed E-state index contributed by atoms with van der Waals surface area (Å²) in [5.74, 6) is 4.60. The van der Waals surface area contributed by atoms with Crippen LogP contribution in [0.25, 0.3) is 100 Å². The fraction of sp³-hybridized carbons (Fsp3) is 0.164. The van der Waals surface area contributed by atoms with Crippen molar-refractivity contribution in [3.05, 3.63) is 169 Å². The summed E-state index contributed by atoms with van der Waals surface area (Å²) in [6, 6.07) is 60.1. The predicted molar refractivity (Wildman–Crippen MR) is 311 cm³/mol. The molecular formula is C61H52B5N5. The number of nitrogens with zero attached hydrogens (tertiary/aromatic N) is 5. The first kappa shape index (κ1) is 42.6. The first-order chi connectivity index (χ1) is 34.7. The van der Waals surface area contributed by atoms with Gasteiger partial charge in [0.05, 0.1) is 27.8 Å². The van der Waals surface area contributed by atoms with E-state index in [4.69, 9.17) is 15.0 Å². The third-order valence-corrected chi connectivity index (χ3v) is 17.7. The molecule has 336 valence electrons. The number of hydrogen-bond donors (Lipinski definition) is 0. The first-order valence-electron chi connectivity index (χ1n) is 25.9. The summed E-state index contributed by atoms with van der Waals surface area (Å²) < 4.78 is 4.87. The summed E-state index contributed by atoms with van der Waals surface area (Å²) in [7, 11) is 11.4. The van der Waals surface area contributed by atoms with Gasteiger partial charge in [-0.2, -0.15) is 9.97 Å². The zero-order valence-corrected chi connectivity index (χ0v) is 41.3. The maximum Gasteiger partial charge on any atom is 0.238 e. The molecule has 0 aliphatic heterocycles. The minimum atomic E-state index is 0.315. The third kappa shape index (κ3) is 6.49. The van der Waals surface area contributed by atoms with Crippen LogP contribution in [0.4, 0.5) is 0 Å². The van der Waals surface area contributed by atoms with Gasteiger partial charge in [-0.1, -0.05) is 157 Å². The molecule has 4 aliphatic carbocycles. The van der Waals surface area contributed by atoms with Gasteiger partial charge in [-0.3, -0.25) is 4.57 Å². The van der Waals surface area contributed by atoms with Crippen LogP contribution in [0.1, 0.15) is 44.1 Å². The summed E-state index contributed by atoms with van der Waals surface area (Å²) in [6.45, 7) is 0. The van der Waals surface area contributed by atoms with Gasteiger partial charge in [0.15, 0.2) is 11.6 Å². The molecule has 4 saturated carbocycles. The van der Waals surface area contributed by atoms with Crippen molar-refractivity contribution in [1.82, 2.24) is 24.1 Å². The van der Waals surface area contributed by atoms with Gasteiger partial charge in [-0.05, 0) is 102 Å². The summed E-state index contributed by atoms with van der Waals surface area (Å²) in [4.78, 5) is 16.3. The van der Waals surface area contributed by atoms with E-state index in [2.05, 4.69) is 212 Å². The predicted octanol–water partition coefficient (Wildman–Crippen LogP) is 6.49. The van der Waals surface area contributed by atoms with E-state index in [0.717, 1.165) is 67.4 Å². The van der Waals surface area contributed by atoms with Gasteiger partial charge in [-0.15, -0.1) is 16.4 Å². The number of para-hydroxylation sites is 2. The van der Waals surface area contributed by atoms with Crippen LogP contribution in [-0.4, -0.2) is 63.3 Å². The van der Waals surface area contributed by atoms with Crippen molar-refractivity contribution in [2.75, 3.05) is 0 Å². The monoisotopic (exact) mass is 909 g/mol. The van der Waals surface area contributed by atoms with Crippen molar-refractivity contribution < 1.29 is 0 Å². The minimum absolute atomic E-state index is 0.315. The van der Waals surface area contributed by atoms with E-state index in [9.17, 15) is 0 Å². The highest BCUT2D eigenvalue weighted by atomic mass is 15.2. The maximum absolute atomic E-state index is 5.55. The Kier molecular flexibility index (Phi) is 9.66. The molecule has 0 radical (unpaired) electrons. The van der Waals surface area contributed by atoms with Gasteiger partial charge < -0.3 is 4.57 Å². The Labute approximate surface area is 419 Å². The fourth-order valence-corrected chi connectivity index (χ4v) is 14.5. The Hall–Kier alpha value is -7.31. The van der Waals surface area contributed by atoms with Crippen LogP contribution in [0.2, 0.25) is 0 Å². The normalized spacial score (nSPS) is 19.4. The largest absolute Gasteiger partial charge is 0.307 e. The molecule has 4 fully saturated rings. The van der Waals surface area contributed by atoms with Crippen LogP contribution in [0.5, 0.6) is 0 Å². The van der Waals surface area contributed by atoms with E-state index in [1.165, 1.54) is 104 Å². The second kappa shape index (κ2) is 16.1. The van der Waals surface area contributed by atoms with Crippen molar-refractivity contribution in [3.8, 4) is 56.7 Å². The fourth-order valence-electron chi connectivity index (χ4n) is 14.5. The molecular weight excluding hydrogens is 857 g/mol. The maximum atomic E-state index is 5.55. The molecule has 0 saturated heterocycles. The van der Waals surface area contributed by atoms with Crippen molar-refractivity contribution >= 4 is 110 Å². The highest BCUT2D eigenvalue weighted by Gasteiger charge is 2.51. The van der Waals surface area contributed by atoms with Crippen LogP contribution >= 0.6 is 0 Å². The summed E-state index contributed by atoms with van der Waals surface area (Å²) in [5.41, 5.74) is 20.9. The summed E-state index contributed by atoms with van der Waals surface area (Å²) >= 11 is 0. The van der Waals surface area contributed by atoms with Gasteiger partial charge in [0.2, 0.25) is 5.95 Å². The van der Waals surface area contributed by atoms with Crippen LogP contribution < -0.4 is 27.3 Å². The van der Waals surface area contributed by atoms with Gasteiger partial charge in [0.25, 0.3) is 0 Å². The number of benzene rings is 8. The van der Waals surface area contributed by atoms with Crippen LogP contribution in [0.15, 0.2) is 164 Å². The molecule has 11 aromatic rings. The van der Waals surface area contributed by atoms with Crippen molar-refractivity contribution in [3.63, 3.8) is 0 Å². The van der Waals surface area contributed by atoms with E-state index in [1.807, 2.05) is 0 Å². The molecule has 0 atom stereocenters. The van der Waals surface area contributed by atoms with Crippen LogP contribution in [0.3, 0.4) is 0 Å². The lowest BCUT2D eigenvalue weighted by Gasteiger charge is -2.57. The average Bonchev–Trinajstić information content (AvgIpc) is 3.93. The zero-order valence-electron chi connectivity index (χ0n) is 41.3. The first-order valence-corrected chi connectivity index (χ1v) is 25.9. The SMILES string of the molecule is Bc1c(B)c(B)c(-c2cccc(-n3c4ccccc4c4ccc5c6ccccc6n(-c6nc(-c7ccccc7)nc(-c7ccc(C89CC%10CC(CC(C%10)C8)C9)cc7)n6)c5c43)c2-c2ccccc2)c(B)c1B. The standard InChI is InChI=1S/C61H52B5N5/c62-51-50(52(63)54(65)55(66)53(51)64)45-18-11-21-48(49(45)37-12-3-1-4-13-37)70-46-19-9-7-16-41(46)43-26-27-44-42-17-8-10-20-47(42)71(57(44)56(43)70)60-68-58(38-14-5-2-6-15-38)67-59(69-60)39-22-24-40(25-23-39)61-31-34-28-35(32-61)30-36(29-34)33-61/h1-27,34-36H,28-33,62-66H2. The Morgan fingerprint density at radius 1 is 0.394 bits per heavy atom. The lowest BCUT2D eigenvalue weighted by molar-refractivity contribution is -0.00518. The van der Waals surface area contributed by atoms with Crippen LogP contribution in [-0.2, 0) is 5.41 Å². The molecule has 0 unspecified atom stereocenters. The number of fused-ring (bicyclic) bond motifs is 7. The van der Waals surface area contributed by atoms with Gasteiger partial charge in [-0.25, -0.2) is 4.98 Å². The third-order valence-electron chi connectivity index (χ3n) is 17.7. The molecule has 0 spiro atoms. The van der Waals surface area contributed by atoms with Crippen molar-refractivity contribution in [1.29, 1.82) is 0 Å². The van der Waals surface area contributed by atoms with E-state index < -0.39 is 0 Å². The molecule has 8 aromatic carbocycles. The molecule has 0 amide bonds. The number of rotatable bonds is 7. The Bertz CT molecular complexity index is 3910. The van der Waals surface area contributed by atoms with Gasteiger partial charge in [0.1, 0.15) is 39.2 Å². The number of hydrogen-bond acceptors (Lipinski definition) is 3. The van der Waals surface area contributed by atoms with E-state index in [0.29, 0.717) is 23.0 Å². The zero-order chi connectivity index (χ0) is 47.7. The second-order valence-electron chi connectivity index (χ2n) is 21.6. The summed E-state index contributed by atoms with van der Waals surface area (Å²) in [6.07, 6.45) is 8.34. The molecule has 4 bridgehead atoms. The highest BCUT2D eigenvalue weighted by molar-refractivity contribution is 6.68. The molecule has 0 N–H and O–H groups in total. The molecule has 71 heavy (non-hydrogen) atoms. The van der Waals surface area contributed by atoms with E-state index >= 15 is 0 Å². The van der Waals surface area contributed by atoms with Crippen molar-refractivity contribution in [2.24, 2.45) is 17.8 Å². The Morgan fingerprint density at radius 2 is 0.873 bits per heavy atom. The molecule has 4 aliphatic rings. The quantitative estimate of drug-likeness (QED) is 0.172. The molecule has 5 nitrogen and oxygen atoms in total. The van der Waals surface area contributed by atoms with Crippen molar-refractivity contribution in [2.45, 2.75) is 43.9 Å². The Morgan fingerprint density at radius 3 is 1.45 bits per heavy atom. The molecule has 3 aromatic heterocycles. The van der Waals surface area contributed by atoms with E-state index in [1.54, 1.807) is 0 Å². The summed E-state index contributed by atoms with van der Waals surface area (Å²) in [5, 5.41) is 4.67. The second-order valence-corrected chi connectivity index (χ2v) is 21.6. The van der Waals surface area contributed by atoms with E-state index in [-0.39, 0.29) is 0 Å². The van der Waals surface area contributed by atoms with Gasteiger partial charge >= 0.3 is 0 Å². The lowest BCUT2D eigenvalue weighted by atomic mass is 9.48. The minimum Gasteiger partial charge on any atom is -0.307 e. The topological polar surface area (TPSA) is 48.5 Å². The van der Waals surface area contributed by atoms with Crippen LogP contribution in [0, 0.1) is 17.8 Å². The molecule has 15 rings (SSSR count). The lowest BCUT2D eigenvalue weighted by Crippen LogP contribution is -2.55. The number of aromatic nitrogens is 5. The Balaban J connectivity index is 1.06. The molecule has 10 heteroatoms. The average molecular weight is 909 g/mol. The molecule has 3 heterocycles. The smallest absolute Gasteiger partial charge is 0.238 e. The van der Waals surface area contributed by atoms with Gasteiger partial charge in [0, 0.05) is 38.2 Å².